The number of aromatic nitrogens is 5. The molecule has 27 heavy (non-hydrogen) atoms. The Balaban J connectivity index is 1.27. The monoisotopic (exact) mass is 370 g/mol. The summed E-state index contributed by atoms with van der Waals surface area (Å²) in [6, 6.07) is 2.12. The molecule has 9 heteroatoms. The molecule has 0 bridgehead atoms. The second kappa shape index (κ2) is 7.99. The van der Waals surface area contributed by atoms with Crippen LogP contribution in [0.5, 0.6) is 0 Å². The van der Waals surface area contributed by atoms with Crippen LogP contribution in [0.15, 0.2) is 31.1 Å². The summed E-state index contributed by atoms with van der Waals surface area (Å²) in [7, 11) is 0. The molecule has 9 nitrogen and oxygen atoms in total. The van der Waals surface area contributed by atoms with Crippen molar-refractivity contribution >= 4 is 11.9 Å². The first kappa shape index (κ1) is 17.8. The third-order valence-corrected chi connectivity index (χ3v) is 5.64. The van der Waals surface area contributed by atoms with E-state index in [0.29, 0.717) is 6.04 Å². The SMILES string of the molecule is CC(C(=O)N1CCN(c2ncccn2)CC1)N1CCC(n2cncn2)CC1. The predicted octanol–water partition coefficient (Wildman–Crippen LogP) is 0.442. The summed E-state index contributed by atoms with van der Waals surface area (Å²) in [5.41, 5.74) is 0. The van der Waals surface area contributed by atoms with Crippen LogP contribution >= 0.6 is 0 Å². The second-order valence-electron chi connectivity index (χ2n) is 7.18. The summed E-state index contributed by atoms with van der Waals surface area (Å²) in [6.45, 7) is 6.84. The largest absolute Gasteiger partial charge is 0.338 e. The lowest BCUT2D eigenvalue weighted by molar-refractivity contribution is -0.137. The summed E-state index contributed by atoms with van der Waals surface area (Å²) in [4.78, 5) is 32.0. The Morgan fingerprint density at radius 3 is 2.41 bits per heavy atom. The lowest BCUT2D eigenvalue weighted by Gasteiger charge is -2.40. The molecule has 2 saturated heterocycles. The molecule has 2 aromatic heterocycles. The van der Waals surface area contributed by atoms with Crippen molar-refractivity contribution < 1.29 is 4.79 Å². The number of anilines is 1. The molecular weight excluding hydrogens is 344 g/mol. The Morgan fingerprint density at radius 1 is 1.07 bits per heavy atom. The number of hydrogen-bond donors (Lipinski definition) is 0. The highest BCUT2D eigenvalue weighted by molar-refractivity contribution is 5.81. The summed E-state index contributed by atoms with van der Waals surface area (Å²) in [6.07, 6.45) is 8.87. The van der Waals surface area contributed by atoms with Crippen LogP contribution in [0.25, 0.3) is 0 Å². The molecule has 1 atom stereocenters. The van der Waals surface area contributed by atoms with Crippen LogP contribution in [-0.2, 0) is 4.79 Å². The highest BCUT2D eigenvalue weighted by Gasteiger charge is 2.31. The van der Waals surface area contributed by atoms with Gasteiger partial charge < -0.3 is 9.80 Å². The van der Waals surface area contributed by atoms with Crippen molar-refractivity contribution in [3.8, 4) is 0 Å². The Labute approximate surface area is 159 Å². The first-order chi connectivity index (χ1) is 13.2. The van der Waals surface area contributed by atoms with Gasteiger partial charge in [-0.1, -0.05) is 0 Å². The molecular formula is C18H26N8O. The number of rotatable bonds is 4. The molecule has 0 radical (unpaired) electrons. The molecule has 0 saturated carbocycles. The summed E-state index contributed by atoms with van der Waals surface area (Å²) >= 11 is 0. The zero-order valence-corrected chi connectivity index (χ0v) is 15.7. The zero-order chi connectivity index (χ0) is 18.6. The van der Waals surface area contributed by atoms with Crippen molar-refractivity contribution in [3.05, 3.63) is 31.1 Å². The average molecular weight is 370 g/mol. The fourth-order valence-electron chi connectivity index (χ4n) is 3.95. The van der Waals surface area contributed by atoms with Gasteiger partial charge in [-0.2, -0.15) is 5.10 Å². The van der Waals surface area contributed by atoms with Crippen molar-refractivity contribution in [2.45, 2.75) is 31.8 Å². The van der Waals surface area contributed by atoms with Crippen LogP contribution in [0, 0.1) is 0 Å². The van der Waals surface area contributed by atoms with Crippen molar-refractivity contribution in [2.75, 3.05) is 44.2 Å². The minimum Gasteiger partial charge on any atom is -0.338 e. The predicted molar refractivity (Wildman–Crippen MR) is 100 cm³/mol. The van der Waals surface area contributed by atoms with Crippen LogP contribution in [0.2, 0.25) is 0 Å². The van der Waals surface area contributed by atoms with E-state index in [1.165, 1.54) is 0 Å². The number of likely N-dealkylation sites (tertiary alicyclic amines) is 1. The van der Waals surface area contributed by atoms with E-state index < -0.39 is 0 Å². The van der Waals surface area contributed by atoms with Crippen molar-refractivity contribution in [2.24, 2.45) is 0 Å². The third-order valence-electron chi connectivity index (χ3n) is 5.64. The summed E-state index contributed by atoms with van der Waals surface area (Å²) in [5, 5.41) is 4.25. The first-order valence-electron chi connectivity index (χ1n) is 9.61. The molecule has 0 aromatic carbocycles. The van der Waals surface area contributed by atoms with Gasteiger partial charge in [0.25, 0.3) is 0 Å². The van der Waals surface area contributed by atoms with E-state index in [1.807, 2.05) is 22.6 Å². The Morgan fingerprint density at radius 2 is 1.78 bits per heavy atom. The number of hydrogen-bond acceptors (Lipinski definition) is 7. The number of carbonyl (C=O) groups excluding carboxylic acids is 1. The second-order valence-corrected chi connectivity index (χ2v) is 7.18. The fraction of sp³-hybridized carbons (Fsp3) is 0.611. The van der Waals surface area contributed by atoms with E-state index in [9.17, 15) is 4.79 Å². The fourth-order valence-corrected chi connectivity index (χ4v) is 3.95. The average Bonchev–Trinajstić information content (AvgIpc) is 3.28. The highest BCUT2D eigenvalue weighted by atomic mass is 16.2. The number of carbonyl (C=O) groups is 1. The molecule has 2 aliphatic rings. The standard InChI is InChI=1S/C18H26N8O/c1-15(23-7-3-16(4-8-23)26-14-19-13-22-26)17(27)24-9-11-25(12-10-24)18-20-5-2-6-21-18/h2,5-6,13-16H,3-4,7-12H2,1H3. The maximum Gasteiger partial charge on any atom is 0.239 e. The Hall–Kier alpha value is -2.55. The Bertz CT molecular complexity index is 721. The van der Waals surface area contributed by atoms with E-state index in [0.717, 1.165) is 58.1 Å². The molecule has 2 fully saturated rings. The topological polar surface area (TPSA) is 83.3 Å². The van der Waals surface area contributed by atoms with E-state index >= 15 is 0 Å². The van der Waals surface area contributed by atoms with Gasteiger partial charge in [-0.3, -0.25) is 9.69 Å². The first-order valence-corrected chi connectivity index (χ1v) is 9.61. The van der Waals surface area contributed by atoms with Crippen LogP contribution in [-0.4, -0.2) is 85.7 Å². The summed E-state index contributed by atoms with van der Waals surface area (Å²) < 4.78 is 1.94. The molecule has 4 rings (SSSR count). The van der Waals surface area contributed by atoms with Gasteiger partial charge in [0.15, 0.2) is 0 Å². The molecule has 0 aliphatic carbocycles. The minimum atomic E-state index is -0.0822. The molecule has 0 N–H and O–H groups in total. The maximum atomic E-state index is 13.0. The molecule has 1 unspecified atom stereocenters. The molecule has 4 heterocycles. The van der Waals surface area contributed by atoms with Crippen LogP contribution in [0.3, 0.4) is 0 Å². The van der Waals surface area contributed by atoms with Gasteiger partial charge in [-0.05, 0) is 25.8 Å². The van der Waals surface area contributed by atoms with Crippen molar-refractivity contribution in [1.29, 1.82) is 0 Å². The smallest absolute Gasteiger partial charge is 0.239 e. The molecule has 2 aliphatic heterocycles. The molecule has 0 spiro atoms. The molecule has 144 valence electrons. The normalized spacial score (nSPS) is 20.6. The number of nitrogens with zero attached hydrogens (tertiary/aromatic N) is 8. The number of piperidine rings is 1. The summed E-state index contributed by atoms with van der Waals surface area (Å²) in [5.74, 6) is 0.968. The van der Waals surface area contributed by atoms with Gasteiger partial charge in [-0.25, -0.2) is 19.6 Å². The van der Waals surface area contributed by atoms with Crippen molar-refractivity contribution in [3.63, 3.8) is 0 Å². The number of piperazine rings is 1. The van der Waals surface area contributed by atoms with Gasteiger partial charge >= 0.3 is 0 Å². The molecule has 1 amide bonds. The third kappa shape index (κ3) is 3.92. The highest BCUT2D eigenvalue weighted by Crippen LogP contribution is 2.23. The lowest BCUT2D eigenvalue weighted by Crippen LogP contribution is -2.55. The van der Waals surface area contributed by atoms with Gasteiger partial charge in [0.1, 0.15) is 12.7 Å². The Kier molecular flexibility index (Phi) is 5.28. The zero-order valence-electron chi connectivity index (χ0n) is 15.7. The van der Waals surface area contributed by atoms with E-state index in [1.54, 1.807) is 25.0 Å². The minimum absolute atomic E-state index is 0.0822. The maximum absolute atomic E-state index is 13.0. The van der Waals surface area contributed by atoms with E-state index in [-0.39, 0.29) is 11.9 Å². The van der Waals surface area contributed by atoms with Gasteiger partial charge in [0.05, 0.1) is 12.1 Å². The van der Waals surface area contributed by atoms with E-state index in [4.69, 9.17) is 0 Å². The number of amides is 1. The van der Waals surface area contributed by atoms with Crippen LogP contribution < -0.4 is 4.90 Å². The van der Waals surface area contributed by atoms with Gasteiger partial charge in [-0.15, -0.1) is 0 Å². The van der Waals surface area contributed by atoms with Crippen molar-refractivity contribution in [1.82, 2.24) is 34.5 Å². The lowest BCUT2D eigenvalue weighted by atomic mass is 10.0. The quantitative estimate of drug-likeness (QED) is 0.772. The van der Waals surface area contributed by atoms with Gasteiger partial charge in [0.2, 0.25) is 11.9 Å². The van der Waals surface area contributed by atoms with Crippen LogP contribution in [0.4, 0.5) is 5.95 Å². The van der Waals surface area contributed by atoms with Crippen LogP contribution in [0.1, 0.15) is 25.8 Å². The van der Waals surface area contributed by atoms with Gasteiger partial charge in [0, 0.05) is 51.7 Å². The van der Waals surface area contributed by atoms with E-state index in [2.05, 4.69) is 29.9 Å². The molecule has 2 aromatic rings.